The second-order valence-electron chi connectivity index (χ2n) is 2.59. The molecule has 0 aliphatic rings. The fraction of sp³-hybridized carbons (Fsp3) is 0.667. The van der Waals surface area contributed by atoms with Gasteiger partial charge in [0.15, 0.2) is 0 Å². The van der Waals surface area contributed by atoms with Gasteiger partial charge in [0.1, 0.15) is 0 Å². The molecular formula is C9H16O4. The van der Waals surface area contributed by atoms with E-state index in [4.69, 9.17) is 14.6 Å². The molecule has 0 aromatic heterocycles. The van der Waals surface area contributed by atoms with Gasteiger partial charge in [0.05, 0.1) is 19.8 Å². The van der Waals surface area contributed by atoms with Gasteiger partial charge in [-0.15, -0.1) is 0 Å². The number of carbonyl (C=O) groups is 1. The highest BCUT2D eigenvalue weighted by molar-refractivity contribution is 5.85. The summed E-state index contributed by atoms with van der Waals surface area (Å²) in [6.45, 7) is 3.23. The molecule has 0 atom stereocenters. The van der Waals surface area contributed by atoms with E-state index in [-0.39, 0.29) is 0 Å². The first-order valence-corrected chi connectivity index (χ1v) is 4.15. The average molecular weight is 188 g/mol. The van der Waals surface area contributed by atoms with Crippen LogP contribution in [0.4, 0.5) is 0 Å². The summed E-state index contributed by atoms with van der Waals surface area (Å²) >= 11 is 0. The molecule has 0 unspecified atom stereocenters. The van der Waals surface area contributed by atoms with Gasteiger partial charge >= 0.3 is 5.97 Å². The molecule has 4 heteroatoms. The Bertz CT molecular complexity index is 174. The van der Waals surface area contributed by atoms with E-state index >= 15 is 0 Å². The highest BCUT2D eigenvalue weighted by Crippen LogP contribution is 1.95. The largest absolute Gasteiger partial charge is 0.478 e. The minimum absolute atomic E-state index is 0.357. The zero-order valence-corrected chi connectivity index (χ0v) is 8.08. The normalized spacial score (nSPS) is 11.7. The van der Waals surface area contributed by atoms with Crippen molar-refractivity contribution in [2.24, 2.45) is 0 Å². The highest BCUT2D eigenvalue weighted by Gasteiger charge is 1.97. The van der Waals surface area contributed by atoms with E-state index in [1.54, 1.807) is 20.1 Å². The monoisotopic (exact) mass is 188 g/mol. The Morgan fingerprint density at radius 3 is 2.62 bits per heavy atom. The number of ether oxygens (including phenoxy) is 2. The Balaban J connectivity index is 3.34. The Morgan fingerprint density at radius 2 is 2.08 bits per heavy atom. The lowest BCUT2D eigenvalue weighted by Crippen LogP contribution is -2.03. The molecule has 0 saturated heterocycles. The number of rotatable bonds is 7. The van der Waals surface area contributed by atoms with Gasteiger partial charge in [0, 0.05) is 12.7 Å². The van der Waals surface area contributed by atoms with E-state index in [1.165, 1.54) is 0 Å². The van der Waals surface area contributed by atoms with Gasteiger partial charge < -0.3 is 14.6 Å². The second-order valence-corrected chi connectivity index (χ2v) is 2.59. The lowest BCUT2D eigenvalue weighted by Gasteiger charge is -2.00. The van der Waals surface area contributed by atoms with E-state index in [9.17, 15) is 4.79 Å². The Labute approximate surface area is 78.2 Å². The molecule has 1 N–H and O–H groups in total. The van der Waals surface area contributed by atoms with Crippen LogP contribution >= 0.6 is 0 Å². The van der Waals surface area contributed by atoms with Crippen molar-refractivity contribution in [1.82, 2.24) is 0 Å². The highest BCUT2D eigenvalue weighted by atomic mass is 16.5. The quantitative estimate of drug-likeness (QED) is 0.479. The van der Waals surface area contributed by atoms with Crippen LogP contribution in [0.2, 0.25) is 0 Å². The maximum Gasteiger partial charge on any atom is 0.330 e. The smallest absolute Gasteiger partial charge is 0.330 e. The first kappa shape index (κ1) is 12.1. The van der Waals surface area contributed by atoms with Crippen LogP contribution in [-0.4, -0.2) is 38.0 Å². The molecule has 13 heavy (non-hydrogen) atoms. The third-order valence-corrected chi connectivity index (χ3v) is 1.48. The number of methoxy groups -OCH3 is 1. The van der Waals surface area contributed by atoms with Crippen LogP contribution in [0.25, 0.3) is 0 Å². The topological polar surface area (TPSA) is 55.8 Å². The van der Waals surface area contributed by atoms with Crippen molar-refractivity contribution in [2.75, 3.05) is 26.9 Å². The van der Waals surface area contributed by atoms with Crippen molar-refractivity contribution in [1.29, 1.82) is 0 Å². The molecule has 0 fully saturated rings. The van der Waals surface area contributed by atoms with E-state index in [2.05, 4.69) is 0 Å². The van der Waals surface area contributed by atoms with Gasteiger partial charge in [-0.2, -0.15) is 0 Å². The Morgan fingerprint density at radius 1 is 1.38 bits per heavy atom. The van der Waals surface area contributed by atoms with Gasteiger partial charge in [-0.25, -0.2) is 4.79 Å². The molecular weight excluding hydrogens is 172 g/mol. The number of carboxylic acids is 1. The van der Waals surface area contributed by atoms with Crippen molar-refractivity contribution in [3.05, 3.63) is 11.6 Å². The van der Waals surface area contributed by atoms with Crippen molar-refractivity contribution >= 4 is 5.97 Å². The summed E-state index contributed by atoms with van der Waals surface area (Å²) in [6.07, 6.45) is 2.27. The van der Waals surface area contributed by atoms with E-state index in [1.807, 2.05) is 0 Å². The van der Waals surface area contributed by atoms with Crippen LogP contribution in [0.15, 0.2) is 11.6 Å². The summed E-state index contributed by atoms with van der Waals surface area (Å²) in [4.78, 5) is 10.3. The van der Waals surface area contributed by atoms with Crippen LogP contribution in [0.5, 0.6) is 0 Å². The van der Waals surface area contributed by atoms with Crippen LogP contribution < -0.4 is 0 Å². The minimum Gasteiger partial charge on any atom is -0.478 e. The van der Waals surface area contributed by atoms with Crippen LogP contribution in [0.1, 0.15) is 13.3 Å². The first-order chi connectivity index (χ1) is 6.18. The number of hydrogen-bond acceptors (Lipinski definition) is 3. The van der Waals surface area contributed by atoms with Gasteiger partial charge in [0.25, 0.3) is 0 Å². The number of aliphatic carboxylic acids is 1. The maximum atomic E-state index is 10.3. The second kappa shape index (κ2) is 7.76. The fourth-order valence-corrected chi connectivity index (χ4v) is 0.690. The summed E-state index contributed by atoms with van der Waals surface area (Å²) in [5.74, 6) is -0.878. The molecule has 0 aliphatic carbocycles. The van der Waals surface area contributed by atoms with Crippen LogP contribution in [-0.2, 0) is 14.3 Å². The third kappa shape index (κ3) is 7.49. The predicted molar refractivity (Wildman–Crippen MR) is 48.7 cm³/mol. The standard InChI is InChI=1S/C9H16O4/c1-8(9(10)11)4-3-5-13-7-6-12-2/h4H,3,5-7H2,1-2H3,(H,10,11)/b8-4+. The molecule has 0 radical (unpaired) electrons. The summed E-state index contributed by atoms with van der Waals surface area (Å²) in [5, 5.41) is 8.49. The summed E-state index contributed by atoms with van der Waals surface area (Å²) in [5.41, 5.74) is 0.357. The zero-order valence-electron chi connectivity index (χ0n) is 8.08. The Hall–Kier alpha value is -0.870. The molecule has 4 nitrogen and oxygen atoms in total. The molecule has 0 heterocycles. The molecule has 0 spiro atoms. The molecule has 0 aromatic rings. The molecule has 0 aromatic carbocycles. The van der Waals surface area contributed by atoms with Gasteiger partial charge in [0.2, 0.25) is 0 Å². The summed E-state index contributed by atoms with van der Waals surface area (Å²) < 4.78 is 9.91. The lowest BCUT2D eigenvalue weighted by molar-refractivity contribution is -0.132. The average Bonchev–Trinajstić information content (AvgIpc) is 2.10. The lowest BCUT2D eigenvalue weighted by atomic mass is 10.2. The van der Waals surface area contributed by atoms with Crippen LogP contribution in [0.3, 0.4) is 0 Å². The summed E-state index contributed by atoms with van der Waals surface area (Å²) in [6, 6.07) is 0. The number of carboxylic acid groups (broad SMARTS) is 1. The van der Waals surface area contributed by atoms with Gasteiger partial charge in [-0.05, 0) is 13.3 Å². The molecule has 0 saturated carbocycles. The van der Waals surface area contributed by atoms with E-state index in [0.717, 1.165) is 0 Å². The first-order valence-electron chi connectivity index (χ1n) is 4.15. The zero-order chi connectivity index (χ0) is 10.1. The van der Waals surface area contributed by atoms with E-state index in [0.29, 0.717) is 31.8 Å². The molecule has 0 amide bonds. The van der Waals surface area contributed by atoms with Crippen molar-refractivity contribution in [3.63, 3.8) is 0 Å². The minimum atomic E-state index is -0.878. The van der Waals surface area contributed by atoms with Gasteiger partial charge in [-0.3, -0.25) is 0 Å². The molecule has 76 valence electrons. The molecule has 0 bridgehead atoms. The van der Waals surface area contributed by atoms with E-state index < -0.39 is 5.97 Å². The molecule has 0 rings (SSSR count). The van der Waals surface area contributed by atoms with Crippen molar-refractivity contribution < 1.29 is 19.4 Å². The number of hydrogen-bond donors (Lipinski definition) is 1. The maximum absolute atomic E-state index is 10.3. The SMILES string of the molecule is COCCOCC/C=C(\C)C(=O)O. The van der Waals surface area contributed by atoms with Crippen molar-refractivity contribution in [2.45, 2.75) is 13.3 Å². The van der Waals surface area contributed by atoms with Crippen molar-refractivity contribution in [3.8, 4) is 0 Å². The van der Waals surface area contributed by atoms with Gasteiger partial charge in [-0.1, -0.05) is 6.08 Å². The summed E-state index contributed by atoms with van der Waals surface area (Å²) in [7, 11) is 1.61. The van der Waals surface area contributed by atoms with Crippen LogP contribution in [0, 0.1) is 0 Å². The fourth-order valence-electron chi connectivity index (χ4n) is 0.690. The Kier molecular flexibility index (Phi) is 7.24. The third-order valence-electron chi connectivity index (χ3n) is 1.48. The predicted octanol–water partition coefficient (Wildman–Crippen LogP) is 1.07. The molecule has 0 aliphatic heterocycles.